The van der Waals surface area contributed by atoms with Crippen molar-refractivity contribution in [2.45, 2.75) is 13.0 Å². The zero-order valence-corrected chi connectivity index (χ0v) is 16.6. The van der Waals surface area contributed by atoms with E-state index < -0.39 is 18.0 Å². The average molecular weight is 414 g/mol. The average Bonchev–Trinajstić information content (AvgIpc) is 3.13. The Morgan fingerprint density at radius 2 is 2.00 bits per heavy atom. The molecule has 2 fully saturated rings. The first-order valence-electron chi connectivity index (χ1n) is 9.79. The molecule has 1 aromatic carbocycles. The fourth-order valence-corrected chi connectivity index (χ4v) is 3.65. The minimum absolute atomic E-state index is 0.195. The van der Waals surface area contributed by atoms with Gasteiger partial charge in [-0.05, 0) is 18.2 Å². The van der Waals surface area contributed by atoms with Crippen molar-refractivity contribution >= 4 is 29.2 Å². The largest absolute Gasteiger partial charge is 0.442 e. The van der Waals surface area contributed by atoms with E-state index in [1.165, 1.54) is 17.9 Å². The van der Waals surface area contributed by atoms with Crippen molar-refractivity contribution in [3.05, 3.63) is 42.6 Å². The smallest absolute Gasteiger partial charge is 0.414 e. The number of aromatic nitrogens is 2. The van der Waals surface area contributed by atoms with Gasteiger partial charge in [0.2, 0.25) is 5.91 Å². The van der Waals surface area contributed by atoms with Crippen molar-refractivity contribution in [2.24, 2.45) is 0 Å². The first kappa shape index (κ1) is 19.9. The molecule has 158 valence electrons. The van der Waals surface area contributed by atoms with Crippen molar-refractivity contribution in [2.75, 3.05) is 54.0 Å². The van der Waals surface area contributed by atoms with Gasteiger partial charge < -0.3 is 19.9 Å². The van der Waals surface area contributed by atoms with Crippen LogP contribution in [0, 0.1) is 5.82 Å². The molecule has 10 heteroatoms. The van der Waals surface area contributed by atoms with Crippen molar-refractivity contribution < 1.29 is 18.7 Å². The number of carbonyl (C=O) groups is 2. The van der Waals surface area contributed by atoms with Crippen LogP contribution in [0.15, 0.2) is 36.8 Å². The molecular formula is C20H23FN6O3. The molecule has 9 nitrogen and oxygen atoms in total. The summed E-state index contributed by atoms with van der Waals surface area (Å²) in [6, 6.07) is 4.76. The van der Waals surface area contributed by atoms with E-state index >= 15 is 0 Å². The van der Waals surface area contributed by atoms with Crippen LogP contribution in [-0.2, 0) is 9.53 Å². The van der Waals surface area contributed by atoms with Crippen LogP contribution in [0.5, 0.6) is 0 Å². The van der Waals surface area contributed by atoms with E-state index in [1.807, 2.05) is 4.90 Å². The van der Waals surface area contributed by atoms with E-state index in [2.05, 4.69) is 20.2 Å². The molecule has 1 N–H and O–H groups in total. The number of anilines is 3. The maximum atomic E-state index is 14.9. The second-order valence-corrected chi connectivity index (χ2v) is 7.23. The Morgan fingerprint density at radius 1 is 1.23 bits per heavy atom. The molecule has 1 unspecified atom stereocenters. The number of carbonyl (C=O) groups excluding carboxylic acids is 2. The highest BCUT2D eigenvalue weighted by Crippen LogP contribution is 2.28. The highest BCUT2D eigenvalue weighted by molar-refractivity contribution is 5.90. The van der Waals surface area contributed by atoms with E-state index in [9.17, 15) is 14.0 Å². The highest BCUT2D eigenvalue weighted by atomic mass is 19.1. The summed E-state index contributed by atoms with van der Waals surface area (Å²) in [5.41, 5.74) is 0.935. The molecule has 2 amide bonds. The first-order valence-corrected chi connectivity index (χ1v) is 9.79. The maximum Gasteiger partial charge on any atom is 0.414 e. The molecule has 30 heavy (non-hydrogen) atoms. The number of amides is 2. The molecule has 0 radical (unpaired) electrons. The van der Waals surface area contributed by atoms with Crippen molar-refractivity contribution in [3.63, 3.8) is 0 Å². The Morgan fingerprint density at radius 3 is 2.67 bits per heavy atom. The second-order valence-electron chi connectivity index (χ2n) is 7.23. The van der Waals surface area contributed by atoms with Crippen molar-refractivity contribution in [1.82, 2.24) is 15.3 Å². The lowest BCUT2D eigenvalue weighted by atomic mass is 10.2. The van der Waals surface area contributed by atoms with E-state index in [0.29, 0.717) is 37.6 Å². The molecular weight excluding hydrogens is 391 g/mol. The number of piperazine rings is 1. The van der Waals surface area contributed by atoms with Crippen LogP contribution in [0.25, 0.3) is 0 Å². The third-order valence-electron chi connectivity index (χ3n) is 5.19. The molecule has 2 aliphatic heterocycles. The summed E-state index contributed by atoms with van der Waals surface area (Å²) < 4.78 is 20.1. The summed E-state index contributed by atoms with van der Waals surface area (Å²) in [6.45, 7) is 4.61. The molecule has 3 heterocycles. The van der Waals surface area contributed by atoms with E-state index in [0.717, 1.165) is 5.82 Å². The fraction of sp³-hybridized carbons (Fsp3) is 0.400. The van der Waals surface area contributed by atoms with Gasteiger partial charge in [-0.1, -0.05) is 0 Å². The number of nitrogens with one attached hydrogen (secondary N) is 1. The number of hydrogen-bond donors (Lipinski definition) is 1. The van der Waals surface area contributed by atoms with Crippen LogP contribution in [0.1, 0.15) is 6.92 Å². The van der Waals surface area contributed by atoms with Gasteiger partial charge in [0.15, 0.2) is 0 Å². The number of halogens is 1. The van der Waals surface area contributed by atoms with E-state index in [4.69, 9.17) is 4.74 Å². The van der Waals surface area contributed by atoms with Crippen molar-refractivity contribution in [1.29, 1.82) is 0 Å². The molecule has 0 saturated carbocycles. The number of nitrogens with zero attached hydrogens (tertiary/aromatic N) is 5. The van der Waals surface area contributed by atoms with Gasteiger partial charge in [0.25, 0.3) is 0 Å². The lowest BCUT2D eigenvalue weighted by Gasteiger charge is -2.36. The topological polar surface area (TPSA) is 90.9 Å². The summed E-state index contributed by atoms with van der Waals surface area (Å²) >= 11 is 0. The monoisotopic (exact) mass is 414 g/mol. The summed E-state index contributed by atoms with van der Waals surface area (Å²) in [6.07, 6.45) is 4.01. The van der Waals surface area contributed by atoms with Gasteiger partial charge >= 0.3 is 6.09 Å². The van der Waals surface area contributed by atoms with Gasteiger partial charge in [-0.2, -0.15) is 0 Å². The Kier molecular flexibility index (Phi) is 5.64. The lowest BCUT2D eigenvalue weighted by Crippen LogP contribution is -2.47. The quantitative estimate of drug-likeness (QED) is 0.791. The molecule has 0 aliphatic carbocycles. The first-order chi connectivity index (χ1) is 14.5. The zero-order chi connectivity index (χ0) is 21.1. The number of benzene rings is 1. The van der Waals surface area contributed by atoms with Gasteiger partial charge in [-0.15, -0.1) is 0 Å². The maximum absolute atomic E-state index is 14.9. The second kappa shape index (κ2) is 8.52. The van der Waals surface area contributed by atoms with Gasteiger partial charge in [-0.3, -0.25) is 14.7 Å². The lowest BCUT2D eigenvalue weighted by molar-refractivity contribution is -0.119. The molecule has 1 aromatic heterocycles. The minimum atomic E-state index is -0.546. The predicted octanol–water partition coefficient (Wildman–Crippen LogP) is 1.40. The van der Waals surface area contributed by atoms with Crippen LogP contribution in [0.4, 0.5) is 26.4 Å². The van der Waals surface area contributed by atoms with Gasteiger partial charge in [0.1, 0.15) is 17.7 Å². The van der Waals surface area contributed by atoms with E-state index in [-0.39, 0.29) is 19.0 Å². The normalized spacial score (nSPS) is 19.1. The Bertz CT molecular complexity index is 920. The third-order valence-corrected chi connectivity index (χ3v) is 5.19. The minimum Gasteiger partial charge on any atom is -0.442 e. The molecule has 2 aromatic rings. The predicted molar refractivity (Wildman–Crippen MR) is 109 cm³/mol. The van der Waals surface area contributed by atoms with Crippen LogP contribution < -0.4 is 20.0 Å². The van der Waals surface area contributed by atoms with Crippen molar-refractivity contribution in [3.8, 4) is 0 Å². The highest BCUT2D eigenvalue weighted by Gasteiger charge is 2.33. The Balaban J connectivity index is 1.39. The standard InChI is InChI=1S/C20H23FN6O3/c1-14(28)24-11-16-13-27(20(29)30-16)15-2-3-18(17(21)10-15)25-6-8-26(9-7-25)19-12-22-4-5-23-19/h2-5,10,12,16H,6-9,11,13H2,1H3,(H,24,28). The Labute approximate surface area is 173 Å². The number of ether oxygens (including phenoxy) is 1. The Hall–Kier alpha value is -3.43. The van der Waals surface area contributed by atoms with Gasteiger partial charge in [0, 0.05) is 45.5 Å². The molecule has 4 rings (SSSR count). The van der Waals surface area contributed by atoms with Crippen LogP contribution in [-0.4, -0.2) is 67.3 Å². The zero-order valence-electron chi connectivity index (χ0n) is 16.6. The number of cyclic esters (lactones) is 1. The summed E-state index contributed by atoms with van der Waals surface area (Å²) in [5, 5.41) is 2.62. The summed E-state index contributed by atoms with van der Waals surface area (Å²) in [7, 11) is 0. The fourth-order valence-electron chi connectivity index (χ4n) is 3.65. The van der Waals surface area contributed by atoms with Gasteiger partial charge in [-0.25, -0.2) is 14.2 Å². The summed E-state index contributed by atoms with van der Waals surface area (Å²) in [5.74, 6) is 0.229. The van der Waals surface area contributed by atoms with Crippen LogP contribution >= 0.6 is 0 Å². The molecule has 2 saturated heterocycles. The van der Waals surface area contributed by atoms with Crippen LogP contribution in [0.3, 0.4) is 0 Å². The number of rotatable bonds is 5. The van der Waals surface area contributed by atoms with E-state index in [1.54, 1.807) is 30.7 Å². The molecule has 0 bridgehead atoms. The third kappa shape index (κ3) is 4.27. The molecule has 0 spiro atoms. The van der Waals surface area contributed by atoms with Gasteiger partial charge in [0.05, 0.1) is 30.7 Å². The molecule has 2 aliphatic rings. The summed E-state index contributed by atoms with van der Waals surface area (Å²) in [4.78, 5) is 37.1. The SMILES string of the molecule is CC(=O)NCC1CN(c2ccc(N3CCN(c4cnccn4)CC3)c(F)c2)C(=O)O1. The van der Waals surface area contributed by atoms with Crippen LogP contribution in [0.2, 0.25) is 0 Å². The molecule has 1 atom stereocenters. The number of hydrogen-bond acceptors (Lipinski definition) is 7.